The van der Waals surface area contributed by atoms with E-state index < -0.39 is 29.9 Å². The molecule has 0 bridgehead atoms. The lowest BCUT2D eigenvalue weighted by molar-refractivity contribution is -0.149. The predicted octanol–water partition coefficient (Wildman–Crippen LogP) is 0.577. The number of benzene rings is 1. The van der Waals surface area contributed by atoms with E-state index in [9.17, 15) is 19.5 Å². The third kappa shape index (κ3) is 3.37. The number of carboxylic acids is 1. The smallest absolute Gasteiger partial charge is 0.331 e. The van der Waals surface area contributed by atoms with Gasteiger partial charge in [-0.2, -0.15) is 0 Å². The molecule has 3 rings (SSSR count). The maximum absolute atomic E-state index is 12.6. The van der Waals surface area contributed by atoms with E-state index in [0.29, 0.717) is 12.0 Å². The van der Waals surface area contributed by atoms with Gasteiger partial charge in [0.25, 0.3) is 5.91 Å². The second-order valence-corrected chi connectivity index (χ2v) is 5.92. The van der Waals surface area contributed by atoms with Crippen molar-refractivity contribution in [2.75, 3.05) is 6.54 Å². The zero-order valence-electron chi connectivity index (χ0n) is 13.6. The maximum Gasteiger partial charge on any atom is 0.331 e. The number of aliphatic carboxylic acids is 1. The monoisotopic (exact) mass is 342 g/mol. The van der Waals surface area contributed by atoms with E-state index in [-0.39, 0.29) is 12.2 Å². The van der Waals surface area contributed by atoms with Crippen LogP contribution in [0.3, 0.4) is 0 Å². The highest BCUT2D eigenvalue weighted by atomic mass is 16.4. The molecule has 2 amide bonds. The molecule has 1 aliphatic rings. The average Bonchev–Trinajstić information content (AvgIpc) is 3.17. The average molecular weight is 342 g/mol. The second kappa shape index (κ2) is 6.76. The van der Waals surface area contributed by atoms with E-state index in [1.54, 1.807) is 48.1 Å². The maximum atomic E-state index is 12.6. The molecule has 1 fully saturated rings. The molecule has 2 unspecified atom stereocenters. The van der Waals surface area contributed by atoms with E-state index in [0.717, 1.165) is 0 Å². The lowest BCUT2D eigenvalue weighted by Gasteiger charge is -2.25. The number of imidazole rings is 1. The quantitative estimate of drug-likeness (QED) is 0.827. The Morgan fingerprint density at radius 2 is 2.04 bits per heavy atom. The van der Waals surface area contributed by atoms with Crippen LogP contribution in [0, 0.1) is 0 Å². The summed E-state index contributed by atoms with van der Waals surface area (Å²) in [4.78, 5) is 41.7. The molecule has 2 atom stereocenters. The molecule has 1 aromatic heterocycles. The molecule has 0 saturated carbocycles. The number of aryl methyl sites for hydroxylation is 1. The summed E-state index contributed by atoms with van der Waals surface area (Å²) in [5.74, 6) is -1.95. The van der Waals surface area contributed by atoms with Crippen LogP contribution in [0.15, 0.2) is 42.9 Å². The molecule has 0 radical (unpaired) electrons. The summed E-state index contributed by atoms with van der Waals surface area (Å²) in [7, 11) is 1.74. The number of nitrogens with zero attached hydrogens (tertiary/aromatic N) is 3. The van der Waals surface area contributed by atoms with Gasteiger partial charge in [-0.25, -0.2) is 9.78 Å². The lowest BCUT2D eigenvalue weighted by atomic mass is 10.1. The number of hydrogen-bond donors (Lipinski definition) is 2. The number of likely N-dealkylation sites (tertiary alicyclic amines) is 1. The predicted molar refractivity (Wildman–Crippen MR) is 87.6 cm³/mol. The molecule has 2 N–H and O–H groups in total. The Balaban J connectivity index is 1.74. The first-order valence-corrected chi connectivity index (χ1v) is 7.84. The molecular formula is C17H18N4O4. The van der Waals surface area contributed by atoms with Crippen molar-refractivity contribution in [3.63, 3.8) is 0 Å². The van der Waals surface area contributed by atoms with Crippen LogP contribution in [0.5, 0.6) is 0 Å². The number of carbonyl (C=O) groups excluding carboxylic acids is 2. The van der Waals surface area contributed by atoms with Crippen LogP contribution in [0.25, 0.3) is 0 Å². The van der Waals surface area contributed by atoms with Gasteiger partial charge in [0.2, 0.25) is 5.91 Å². The summed E-state index contributed by atoms with van der Waals surface area (Å²) in [6.07, 6.45) is 3.40. The van der Waals surface area contributed by atoms with Crippen LogP contribution in [-0.2, 0) is 16.6 Å². The highest BCUT2D eigenvalue weighted by Gasteiger charge is 2.40. The molecular weight excluding hydrogens is 324 g/mol. The van der Waals surface area contributed by atoms with Crippen molar-refractivity contribution < 1.29 is 19.5 Å². The van der Waals surface area contributed by atoms with E-state index in [4.69, 9.17) is 0 Å². The third-order valence-electron chi connectivity index (χ3n) is 4.14. The van der Waals surface area contributed by atoms with Gasteiger partial charge in [-0.05, 0) is 12.0 Å². The van der Waals surface area contributed by atoms with Gasteiger partial charge in [0, 0.05) is 19.8 Å². The summed E-state index contributed by atoms with van der Waals surface area (Å²) < 4.78 is 1.63. The van der Waals surface area contributed by atoms with Crippen molar-refractivity contribution in [1.29, 1.82) is 0 Å². The van der Waals surface area contributed by atoms with Gasteiger partial charge in [0.05, 0.1) is 6.33 Å². The molecule has 8 heteroatoms. The molecule has 1 aliphatic heterocycles. The lowest BCUT2D eigenvalue weighted by Crippen LogP contribution is -2.44. The van der Waals surface area contributed by atoms with Crippen molar-refractivity contribution in [2.24, 2.45) is 7.05 Å². The molecule has 2 aromatic rings. The summed E-state index contributed by atoms with van der Waals surface area (Å²) in [6.45, 7) is 0.262. The van der Waals surface area contributed by atoms with Crippen molar-refractivity contribution in [3.05, 3.63) is 54.1 Å². The van der Waals surface area contributed by atoms with Crippen molar-refractivity contribution >= 4 is 17.8 Å². The van der Waals surface area contributed by atoms with E-state index in [1.807, 2.05) is 0 Å². The Morgan fingerprint density at radius 1 is 1.32 bits per heavy atom. The Morgan fingerprint density at radius 3 is 2.64 bits per heavy atom. The van der Waals surface area contributed by atoms with Gasteiger partial charge in [-0.1, -0.05) is 30.3 Å². The van der Waals surface area contributed by atoms with Gasteiger partial charge in [0.1, 0.15) is 11.7 Å². The molecule has 0 aliphatic carbocycles. The van der Waals surface area contributed by atoms with Crippen LogP contribution in [0.2, 0.25) is 0 Å². The highest BCUT2D eigenvalue weighted by molar-refractivity contribution is 5.97. The molecule has 1 saturated heterocycles. The third-order valence-corrected chi connectivity index (χ3v) is 4.14. The number of carboxylic acid groups (broad SMARTS) is 1. The second-order valence-electron chi connectivity index (χ2n) is 5.92. The number of amides is 2. The van der Waals surface area contributed by atoms with Crippen LogP contribution in [-0.4, -0.2) is 49.9 Å². The normalized spacial score (nSPS) is 18.2. The number of hydrogen-bond acceptors (Lipinski definition) is 4. The van der Waals surface area contributed by atoms with Gasteiger partial charge in [0.15, 0.2) is 6.04 Å². The van der Waals surface area contributed by atoms with Crippen molar-refractivity contribution in [2.45, 2.75) is 18.5 Å². The summed E-state index contributed by atoms with van der Waals surface area (Å²) in [6, 6.07) is 6.77. The molecule has 25 heavy (non-hydrogen) atoms. The fourth-order valence-corrected chi connectivity index (χ4v) is 2.95. The first-order valence-electron chi connectivity index (χ1n) is 7.84. The molecule has 130 valence electrons. The van der Waals surface area contributed by atoms with Gasteiger partial charge < -0.3 is 19.9 Å². The van der Waals surface area contributed by atoms with Crippen LogP contribution < -0.4 is 5.32 Å². The Hall–Kier alpha value is -3.16. The van der Waals surface area contributed by atoms with E-state index in [1.165, 1.54) is 11.2 Å². The Bertz CT molecular complexity index is 802. The first kappa shape index (κ1) is 16.7. The number of rotatable bonds is 5. The largest absolute Gasteiger partial charge is 0.479 e. The SMILES string of the molecule is Cn1cnc(C(=O)NC2CCN(C(C(=O)O)c3ccccc3)C2=O)c1. The Labute approximate surface area is 144 Å². The summed E-state index contributed by atoms with van der Waals surface area (Å²) in [5.41, 5.74) is 0.742. The van der Waals surface area contributed by atoms with Crippen LogP contribution in [0.4, 0.5) is 0 Å². The summed E-state index contributed by atoms with van der Waals surface area (Å²) >= 11 is 0. The minimum atomic E-state index is -1.10. The fraction of sp³-hybridized carbons (Fsp3) is 0.294. The zero-order chi connectivity index (χ0) is 18.0. The van der Waals surface area contributed by atoms with Crippen molar-refractivity contribution in [3.8, 4) is 0 Å². The van der Waals surface area contributed by atoms with Gasteiger partial charge in [-0.3, -0.25) is 9.59 Å². The highest BCUT2D eigenvalue weighted by Crippen LogP contribution is 2.26. The standard InChI is InChI=1S/C17H18N4O4/c1-20-9-13(18-10-20)15(22)19-12-7-8-21(16(12)23)14(17(24)25)11-5-3-2-4-6-11/h2-6,9-10,12,14H,7-8H2,1H3,(H,19,22)(H,24,25). The fourth-order valence-electron chi connectivity index (χ4n) is 2.95. The van der Waals surface area contributed by atoms with Gasteiger partial charge in [-0.15, -0.1) is 0 Å². The molecule has 8 nitrogen and oxygen atoms in total. The minimum Gasteiger partial charge on any atom is -0.479 e. The Kier molecular flexibility index (Phi) is 4.51. The number of carbonyl (C=O) groups is 3. The topological polar surface area (TPSA) is 105 Å². The minimum absolute atomic E-state index is 0.214. The van der Waals surface area contributed by atoms with Crippen LogP contribution >= 0.6 is 0 Å². The van der Waals surface area contributed by atoms with Gasteiger partial charge >= 0.3 is 5.97 Å². The molecule has 2 heterocycles. The molecule has 1 aromatic carbocycles. The summed E-state index contributed by atoms with van der Waals surface area (Å²) in [5, 5.41) is 12.2. The zero-order valence-corrected chi connectivity index (χ0v) is 13.6. The van der Waals surface area contributed by atoms with Crippen molar-refractivity contribution in [1.82, 2.24) is 19.8 Å². The van der Waals surface area contributed by atoms with Crippen LogP contribution in [0.1, 0.15) is 28.5 Å². The number of aromatic nitrogens is 2. The van der Waals surface area contributed by atoms with E-state index >= 15 is 0 Å². The van der Waals surface area contributed by atoms with E-state index in [2.05, 4.69) is 10.3 Å². The molecule has 0 spiro atoms. The number of nitrogens with one attached hydrogen (secondary N) is 1. The first-order chi connectivity index (χ1) is 12.0.